The fourth-order valence-corrected chi connectivity index (χ4v) is 2.91. The van der Waals surface area contributed by atoms with E-state index in [2.05, 4.69) is 5.32 Å². The fraction of sp³-hybridized carbons (Fsp3) is 0.455. The van der Waals surface area contributed by atoms with Crippen LogP contribution >= 0.6 is 0 Å². The molecule has 1 unspecified atom stereocenters. The highest BCUT2D eigenvalue weighted by Crippen LogP contribution is 2.25. The summed E-state index contributed by atoms with van der Waals surface area (Å²) in [7, 11) is -5.55. The molecule has 0 spiro atoms. The molecule has 0 aliphatic carbocycles. The van der Waals surface area contributed by atoms with E-state index in [9.17, 15) is 21.4 Å². The van der Waals surface area contributed by atoms with Crippen LogP contribution in [0.2, 0.25) is 0 Å². The zero-order chi connectivity index (χ0) is 14.5. The Bertz CT molecular complexity index is 547. The van der Waals surface area contributed by atoms with Crippen molar-refractivity contribution in [1.29, 1.82) is 0 Å². The van der Waals surface area contributed by atoms with E-state index in [0.717, 1.165) is 6.07 Å². The van der Waals surface area contributed by atoms with Gasteiger partial charge < -0.3 is 5.32 Å². The highest BCUT2D eigenvalue weighted by molar-refractivity contribution is 7.91. The number of alkyl halides is 2. The van der Waals surface area contributed by atoms with Gasteiger partial charge in [-0.15, -0.1) is 0 Å². The first-order valence-corrected chi connectivity index (χ1v) is 8.78. The largest absolute Gasteiger partial charge is 0.384 e. The van der Waals surface area contributed by atoms with Crippen molar-refractivity contribution in [2.45, 2.75) is 17.1 Å². The van der Waals surface area contributed by atoms with Crippen LogP contribution in [0.15, 0.2) is 29.2 Å². The normalized spacial score (nSPS) is 13.5. The summed E-state index contributed by atoms with van der Waals surface area (Å²) in [5, 5.41) is 2.78. The Morgan fingerprint density at radius 1 is 1.32 bits per heavy atom. The molecule has 0 amide bonds. The van der Waals surface area contributed by atoms with Crippen LogP contribution in [0.25, 0.3) is 0 Å². The second-order valence-electron chi connectivity index (χ2n) is 3.86. The van der Waals surface area contributed by atoms with Crippen LogP contribution in [0.3, 0.4) is 0 Å². The minimum absolute atomic E-state index is 0.143. The molecule has 0 fully saturated rings. The van der Waals surface area contributed by atoms with Gasteiger partial charge in [-0.05, 0) is 18.6 Å². The fourth-order valence-electron chi connectivity index (χ4n) is 1.46. The van der Waals surface area contributed by atoms with Gasteiger partial charge >= 0.3 is 5.76 Å². The van der Waals surface area contributed by atoms with E-state index in [4.69, 9.17) is 0 Å². The minimum Gasteiger partial charge on any atom is -0.384 e. The Balaban J connectivity index is 2.83. The molecule has 1 aromatic rings. The second-order valence-corrected chi connectivity index (χ2v) is 7.30. The topological polar surface area (TPSA) is 63.2 Å². The van der Waals surface area contributed by atoms with Gasteiger partial charge in [0.2, 0.25) is 9.84 Å². The lowest BCUT2D eigenvalue weighted by Crippen LogP contribution is -2.15. The highest BCUT2D eigenvalue weighted by Gasteiger charge is 2.28. The first kappa shape index (κ1) is 16.0. The van der Waals surface area contributed by atoms with Gasteiger partial charge in [-0.3, -0.25) is 4.21 Å². The van der Waals surface area contributed by atoms with E-state index < -0.39 is 31.3 Å². The molecule has 1 aromatic carbocycles. The molecular formula is C11H15F2NO3S2. The number of benzene rings is 1. The standard InChI is InChI=1S/C11H15F2NO3S2/c1-18(15)8-4-7-14-9-5-2-3-6-10(9)19(16,17)11(12)13/h2-3,5-6,11,14H,4,7-8H2,1H3. The SMILES string of the molecule is CS(=O)CCCNc1ccccc1S(=O)(=O)C(F)F. The van der Waals surface area contributed by atoms with Gasteiger partial charge in [0.1, 0.15) is 0 Å². The lowest BCUT2D eigenvalue weighted by atomic mass is 10.3. The highest BCUT2D eigenvalue weighted by atomic mass is 32.2. The lowest BCUT2D eigenvalue weighted by Gasteiger charge is -2.11. The first-order valence-electron chi connectivity index (χ1n) is 5.50. The number of hydrogen-bond donors (Lipinski definition) is 1. The van der Waals surface area contributed by atoms with Crippen molar-refractivity contribution >= 4 is 26.3 Å². The summed E-state index contributed by atoms with van der Waals surface area (Å²) >= 11 is 0. The molecule has 0 aliphatic rings. The third-order valence-electron chi connectivity index (χ3n) is 2.35. The van der Waals surface area contributed by atoms with E-state index in [1.807, 2.05) is 0 Å². The summed E-state index contributed by atoms with van der Waals surface area (Å²) < 4.78 is 58.8. The predicted molar refractivity (Wildman–Crippen MR) is 71.7 cm³/mol. The second kappa shape index (κ2) is 6.95. The van der Waals surface area contributed by atoms with Crippen LogP contribution in [0.4, 0.5) is 14.5 Å². The van der Waals surface area contributed by atoms with Crippen LogP contribution < -0.4 is 5.32 Å². The molecule has 0 saturated heterocycles. The van der Waals surface area contributed by atoms with E-state index in [0.29, 0.717) is 18.7 Å². The van der Waals surface area contributed by atoms with Gasteiger partial charge in [-0.2, -0.15) is 8.78 Å². The van der Waals surface area contributed by atoms with Gasteiger partial charge in [-0.25, -0.2) is 8.42 Å². The van der Waals surface area contributed by atoms with Gasteiger partial charge in [-0.1, -0.05) is 12.1 Å². The lowest BCUT2D eigenvalue weighted by molar-refractivity contribution is 0.235. The molecule has 4 nitrogen and oxygen atoms in total. The summed E-state index contributed by atoms with van der Waals surface area (Å²) in [6.07, 6.45) is 2.13. The van der Waals surface area contributed by atoms with Crippen molar-refractivity contribution in [3.05, 3.63) is 24.3 Å². The minimum atomic E-state index is -4.62. The van der Waals surface area contributed by atoms with Crippen LogP contribution in [0.5, 0.6) is 0 Å². The molecule has 0 heterocycles. The maximum Gasteiger partial charge on any atom is 0.341 e. The van der Waals surface area contributed by atoms with Gasteiger partial charge in [0.25, 0.3) is 0 Å². The summed E-state index contributed by atoms with van der Waals surface area (Å²) in [6, 6.07) is 5.52. The Morgan fingerprint density at radius 3 is 2.53 bits per heavy atom. The van der Waals surface area contributed by atoms with Crippen LogP contribution in [-0.2, 0) is 20.6 Å². The average Bonchev–Trinajstić information content (AvgIpc) is 2.34. The van der Waals surface area contributed by atoms with Crippen molar-refractivity contribution in [2.24, 2.45) is 0 Å². The number of nitrogens with one attached hydrogen (secondary N) is 1. The van der Waals surface area contributed by atoms with Crippen molar-refractivity contribution in [3.8, 4) is 0 Å². The molecule has 1 N–H and O–H groups in total. The quantitative estimate of drug-likeness (QED) is 0.781. The van der Waals surface area contributed by atoms with E-state index in [-0.39, 0.29) is 5.69 Å². The summed E-state index contributed by atoms with van der Waals surface area (Å²) in [5.74, 6) is -2.98. The molecule has 0 bridgehead atoms. The van der Waals surface area contributed by atoms with Crippen LogP contribution in [-0.4, -0.2) is 36.9 Å². The Labute approximate surface area is 113 Å². The molecule has 19 heavy (non-hydrogen) atoms. The van der Waals surface area contributed by atoms with E-state index >= 15 is 0 Å². The molecule has 108 valence electrons. The zero-order valence-electron chi connectivity index (χ0n) is 10.3. The summed E-state index contributed by atoms with van der Waals surface area (Å²) in [4.78, 5) is -0.414. The smallest absolute Gasteiger partial charge is 0.341 e. The molecule has 0 aliphatic heterocycles. The molecule has 1 rings (SSSR count). The molecular weight excluding hydrogens is 296 g/mol. The summed E-state index contributed by atoms with van der Waals surface area (Å²) in [5.41, 5.74) is 0.143. The van der Waals surface area contributed by atoms with Gasteiger partial charge in [0.15, 0.2) is 0 Å². The van der Waals surface area contributed by atoms with E-state index in [1.165, 1.54) is 12.1 Å². The maximum absolute atomic E-state index is 12.5. The van der Waals surface area contributed by atoms with Crippen molar-refractivity contribution in [2.75, 3.05) is 23.9 Å². The first-order chi connectivity index (χ1) is 8.85. The number of rotatable bonds is 7. The molecule has 0 saturated carbocycles. The number of halogens is 2. The summed E-state index contributed by atoms with van der Waals surface area (Å²) in [6.45, 7) is 0.370. The zero-order valence-corrected chi connectivity index (χ0v) is 11.9. The Kier molecular flexibility index (Phi) is 5.86. The average molecular weight is 311 g/mol. The van der Waals surface area contributed by atoms with Crippen molar-refractivity contribution in [3.63, 3.8) is 0 Å². The molecule has 8 heteroatoms. The van der Waals surface area contributed by atoms with Crippen LogP contribution in [0.1, 0.15) is 6.42 Å². The van der Waals surface area contributed by atoms with E-state index in [1.54, 1.807) is 12.3 Å². The number of anilines is 1. The number of hydrogen-bond acceptors (Lipinski definition) is 4. The van der Waals surface area contributed by atoms with Crippen LogP contribution in [0, 0.1) is 0 Å². The third kappa shape index (κ3) is 4.54. The van der Waals surface area contributed by atoms with Crippen molar-refractivity contribution < 1.29 is 21.4 Å². The Hall–Kier alpha value is -1.02. The van der Waals surface area contributed by atoms with Gasteiger partial charge in [0.05, 0.1) is 10.6 Å². The van der Waals surface area contributed by atoms with Crippen molar-refractivity contribution in [1.82, 2.24) is 0 Å². The molecule has 1 atom stereocenters. The maximum atomic E-state index is 12.5. The third-order valence-corrected chi connectivity index (χ3v) is 4.65. The number of sulfone groups is 1. The predicted octanol–water partition coefficient (Wildman–Crippen LogP) is 1.86. The molecule has 0 radical (unpaired) electrons. The van der Waals surface area contributed by atoms with Gasteiger partial charge in [0, 0.05) is 29.4 Å². The molecule has 0 aromatic heterocycles. The monoisotopic (exact) mass is 311 g/mol. The number of para-hydroxylation sites is 1. The Morgan fingerprint density at radius 2 is 1.95 bits per heavy atom.